The van der Waals surface area contributed by atoms with E-state index in [2.05, 4.69) is 31.2 Å². The summed E-state index contributed by atoms with van der Waals surface area (Å²) in [5, 5.41) is 3.12. The predicted octanol–water partition coefficient (Wildman–Crippen LogP) is 3.30. The summed E-state index contributed by atoms with van der Waals surface area (Å²) >= 11 is 3.31. The van der Waals surface area contributed by atoms with Gasteiger partial charge in [0.1, 0.15) is 0 Å². The van der Waals surface area contributed by atoms with Gasteiger partial charge in [-0.25, -0.2) is 4.98 Å². The third-order valence-corrected chi connectivity index (χ3v) is 2.72. The van der Waals surface area contributed by atoms with Gasteiger partial charge in [0.15, 0.2) is 0 Å². The molecule has 17 heavy (non-hydrogen) atoms. The number of nitrogens with zero attached hydrogens (tertiary/aromatic N) is 2. The number of aryl methyl sites for hydroxylation is 1. The van der Waals surface area contributed by atoms with Crippen LogP contribution in [0.3, 0.4) is 0 Å². The van der Waals surface area contributed by atoms with E-state index in [-0.39, 0.29) is 0 Å². The van der Waals surface area contributed by atoms with E-state index < -0.39 is 0 Å². The topological polar surface area (TPSA) is 47.0 Å². The maximum atomic E-state index is 5.11. The molecule has 0 atom stereocenters. The van der Waals surface area contributed by atoms with Crippen molar-refractivity contribution in [3.63, 3.8) is 0 Å². The fourth-order valence-electron chi connectivity index (χ4n) is 1.41. The number of hydrogen-bond donors (Lipinski definition) is 1. The Morgan fingerprint density at radius 1 is 1.35 bits per heavy atom. The molecule has 1 aromatic carbocycles. The molecule has 0 spiro atoms. The van der Waals surface area contributed by atoms with Crippen LogP contribution >= 0.6 is 15.9 Å². The second kappa shape index (κ2) is 5.14. The van der Waals surface area contributed by atoms with Gasteiger partial charge in [0, 0.05) is 5.69 Å². The quantitative estimate of drug-likeness (QED) is 0.943. The van der Waals surface area contributed by atoms with Gasteiger partial charge in [-0.05, 0) is 40.5 Å². The van der Waals surface area contributed by atoms with E-state index >= 15 is 0 Å². The van der Waals surface area contributed by atoms with Gasteiger partial charge in [-0.15, -0.1) is 0 Å². The zero-order valence-electron chi connectivity index (χ0n) is 9.57. The number of rotatable bonds is 3. The van der Waals surface area contributed by atoms with E-state index in [1.54, 1.807) is 13.3 Å². The molecule has 0 aliphatic rings. The van der Waals surface area contributed by atoms with Crippen molar-refractivity contribution in [2.45, 2.75) is 6.92 Å². The number of aromatic nitrogens is 2. The van der Waals surface area contributed by atoms with Crippen LogP contribution in [0.25, 0.3) is 0 Å². The molecule has 0 fully saturated rings. The fraction of sp³-hybridized carbons (Fsp3) is 0.167. The Morgan fingerprint density at radius 3 is 2.88 bits per heavy atom. The van der Waals surface area contributed by atoms with Gasteiger partial charge in [0.2, 0.25) is 11.8 Å². The Hall–Kier alpha value is -1.62. The number of nitrogens with one attached hydrogen (secondary N) is 1. The van der Waals surface area contributed by atoms with Crippen LogP contribution in [0.5, 0.6) is 5.88 Å². The third-order valence-electron chi connectivity index (χ3n) is 2.18. The molecular weight excluding hydrogens is 282 g/mol. The van der Waals surface area contributed by atoms with E-state index in [4.69, 9.17) is 4.74 Å². The second-order valence-electron chi connectivity index (χ2n) is 3.55. The predicted molar refractivity (Wildman–Crippen MR) is 70.7 cm³/mol. The summed E-state index contributed by atoms with van der Waals surface area (Å²) in [5.74, 6) is 1.02. The van der Waals surface area contributed by atoms with Crippen LogP contribution in [-0.2, 0) is 0 Å². The van der Waals surface area contributed by atoms with E-state index in [9.17, 15) is 0 Å². The number of benzene rings is 1. The maximum Gasteiger partial charge on any atom is 0.232 e. The summed E-state index contributed by atoms with van der Waals surface area (Å²) in [7, 11) is 1.57. The molecule has 2 aromatic rings. The third kappa shape index (κ3) is 2.94. The number of ether oxygens (including phenoxy) is 1. The average molecular weight is 294 g/mol. The van der Waals surface area contributed by atoms with Crippen molar-refractivity contribution < 1.29 is 4.74 Å². The van der Waals surface area contributed by atoms with Crippen LogP contribution in [0, 0.1) is 6.92 Å². The molecule has 0 saturated heterocycles. The Balaban J connectivity index is 2.24. The van der Waals surface area contributed by atoms with Crippen molar-refractivity contribution in [1.29, 1.82) is 0 Å². The highest BCUT2D eigenvalue weighted by molar-refractivity contribution is 9.10. The van der Waals surface area contributed by atoms with Crippen molar-refractivity contribution in [1.82, 2.24) is 9.97 Å². The maximum absolute atomic E-state index is 5.11. The van der Waals surface area contributed by atoms with E-state index in [1.165, 1.54) is 5.56 Å². The molecule has 0 saturated carbocycles. The van der Waals surface area contributed by atoms with Gasteiger partial charge in [-0.2, -0.15) is 4.98 Å². The highest BCUT2D eigenvalue weighted by Gasteiger charge is 2.05. The summed E-state index contributed by atoms with van der Waals surface area (Å²) in [6.45, 7) is 2.04. The van der Waals surface area contributed by atoms with Crippen LogP contribution in [-0.4, -0.2) is 17.1 Å². The SMILES string of the molecule is COc1nc(Nc2cccc(C)c2)ncc1Br. The number of anilines is 2. The Bertz CT molecular complexity index is 531. The normalized spacial score (nSPS) is 10.1. The molecule has 0 aliphatic carbocycles. The highest BCUT2D eigenvalue weighted by atomic mass is 79.9. The summed E-state index contributed by atoms with van der Waals surface area (Å²) in [6, 6.07) is 8.00. The second-order valence-corrected chi connectivity index (χ2v) is 4.40. The lowest BCUT2D eigenvalue weighted by Crippen LogP contribution is -1.99. The van der Waals surface area contributed by atoms with Gasteiger partial charge in [0.05, 0.1) is 17.8 Å². The summed E-state index contributed by atoms with van der Waals surface area (Å²) < 4.78 is 5.84. The van der Waals surface area contributed by atoms with E-state index in [1.807, 2.05) is 31.2 Å². The lowest BCUT2D eigenvalue weighted by Gasteiger charge is -2.07. The number of methoxy groups -OCH3 is 1. The molecule has 0 radical (unpaired) electrons. The Labute approximate surface area is 108 Å². The van der Waals surface area contributed by atoms with Crippen molar-refractivity contribution in [3.05, 3.63) is 40.5 Å². The summed E-state index contributed by atoms with van der Waals surface area (Å²) in [6.07, 6.45) is 1.66. The first kappa shape index (κ1) is 11.9. The van der Waals surface area contributed by atoms with Crippen LogP contribution in [0.2, 0.25) is 0 Å². The van der Waals surface area contributed by atoms with Gasteiger partial charge < -0.3 is 10.1 Å². The van der Waals surface area contributed by atoms with Crippen molar-refractivity contribution in [2.75, 3.05) is 12.4 Å². The smallest absolute Gasteiger partial charge is 0.232 e. The molecule has 0 amide bonds. The van der Waals surface area contributed by atoms with Crippen LogP contribution in [0.1, 0.15) is 5.56 Å². The molecule has 1 N–H and O–H groups in total. The first-order chi connectivity index (χ1) is 8.19. The minimum absolute atomic E-state index is 0.509. The van der Waals surface area contributed by atoms with E-state index in [0.717, 1.165) is 10.2 Å². The summed E-state index contributed by atoms with van der Waals surface area (Å²) in [4.78, 5) is 8.39. The first-order valence-electron chi connectivity index (χ1n) is 5.09. The van der Waals surface area contributed by atoms with Crippen LogP contribution in [0.15, 0.2) is 34.9 Å². The minimum atomic E-state index is 0.509. The standard InChI is InChI=1S/C12H12BrN3O/c1-8-4-3-5-9(6-8)15-12-14-7-10(13)11(16-12)17-2/h3-7H,1-2H3,(H,14,15,16). The molecule has 88 valence electrons. The fourth-order valence-corrected chi connectivity index (χ4v) is 1.76. The monoisotopic (exact) mass is 293 g/mol. The first-order valence-corrected chi connectivity index (χ1v) is 5.88. The molecule has 0 bridgehead atoms. The van der Waals surface area contributed by atoms with Crippen LogP contribution in [0.4, 0.5) is 11.6 Å². The largest absolute Gasteiger partial charge is 0.480 e. The Kier molecular flexibility index (Phi) is 3.58. The number of halogens is 1. The zero-order valence-corrected chi connectivity index (χ0v) is 11.2. The van der Waals surface area contributed by atoms with Gasteiger partial charge in [-0.3, -0.25) is 0 Å². The van der Waals surface area contributed by atoms with Gasteiger partial charge in [-0.1, -0.05) is 12.1 Å². The van der Waals surface area contributed by atoms with Gasteiger partial charge in [0.25, 0.3) is 0 Å². The Morgan fingerprint density at radius 2 is 2.18 bits per heavy atom. The lowest BCUT2D eigenvalue weighted by atomic mass is 10.2. The number of hydrogen-bond acceptors (Lipinski definition) is 4. The van der Waals surface area contributed by atoms with E-state index in [0.29, 0.717) is 11.8 Å². The lowest BCUT2D eigenvalue weighted by molar-refractivity contribution is 0.394. The molecular formula is C12H12BrN3O. The van der Waals surface area contributed by atoms with Crippen molar-refractivity contribution >= 4 is 27.6 Å². The zero-order chi connectivity index (χ0) is 12.3. The minimum Gasteiger partial charge on any atom is -0.480 e. The molecule has 1 aromatic heterocycles. The van der Waals surface area contributed by atoms with Crippen LogP contribution < -0.4 is 10.1 Å². The van der Waals surface area contributed by atoms with Crippen molar-refractivity contribution in [3.8, 4) is 5.88 Å². The molecule has 4 nitrogen and oxygen atoms in total. The van der Waals surface area contributed by atoms with Gasteiger partial charge >= 0.3 is 0 Å². The highest BCUT2D eigenvalue weighted by Crippen LogP contribution is 2.23. The molecule has 1 heterocycles. The molecule has 0 unspecified atom stereocenters. The molecule has 5 heteroatoms. The summed E-state index contributed by atoms with van der Waals surface area (Å²) in [5.41, 5.74) is 2.13. The van der Waals surface area contributed by atoms with Crippen molar-refractivity contribution in [2.24, 2.45) is 0 Å². The average Bonchev–Trinajstić information content (AvgIpc) is 2.32. The molecule has 0 aliphatic heterocycles. The molecule has 2 rings (SSSR count).